The highest BCUT2D eigenvalue weighted by molar-refractivity contribution is 5.27. The molecule has 0 bridgehead atoms. The highest BCUT2D eigenvalue weighted by atomic mass is 19.3. The Kier molecular flexibility index (Phi) is 8.20. The predicted octanol–water partition coefficient (Wildman–Crippen LogP) is 8.41. The lowest BCUT2D eigenvalue weighted by atomic mass is 9.68. The molecule has 0 saturated heterocycles. The van der Waals surface area contributed by atoms with E-state index < -0.39 is 23.6 Å². The Morgan fingerprint density at radius 2 is 1.38 bits per heavy atom. The molecule has 0 radical (unpaired) electrons. The minimum absolute atomic E-state index is 0.492. The Labute approximate surface area is 172 Å². The topological polar surface area (TPSA) is 0 Å². The van der Waals surface area contributed by atoms with E-state index in [2.05, 4.69) is 19.1 Å². The minimum atomic E-state index is -3.11. The molecule has 29 heavy (non-hydrogen) atoms. The molecule has 4 heteroatoms. The van der Waals surface area contributed by atoms with Crippen LogP contribution in [0, 0.1) is 35.3 Å². The molecule has 2 fully saturated rings. The second kappa shape index (κ2) is 10.6. The average molecular weight is 411 g/mol. The molecule has 0 atom stereocenters. The van der Waals surface area contributed by atoms with Gasteiger partial charge >= 0.3 is 0 Å². The van der Waals surface area contributed by atoms with Crippen molar-refractivity contribution in [2.75, 3.05) is 0 Å². The summed E-state index contributed by atoms with van der Waals surface area (Å²) in [4.78, 5) is 0. The van der Waals surface area contributed by atoms with Gasteiger partial charge in [-0.2, -0.15) is 0 Å². The van der Waals surface area contributed by atoms with Gasteiger partial charge in [0.1, 0.15) is 11.6 Å². The second-order valence-corrected chi connectivity index (χ2v) is 9.18. The number of halogens is 4. The van der Waals surface area contributed by atoms with Crippen LogP contribution in [0.2, 0.25) is 0 Å². The van der Waals surface area contributed by atoms with E-state index in [0.717, 1.165) is 36.3 Å². The molecule has 0 spiro atoms. The van der Waals surface area contributed by atoms with Crippen LogP contribution in [0.4, 0.5) is 17.6 Å². The summed E-state index contributed by atoms with van der Waals surface area (Å²) in [6.07, 6.45) is 14.4. The maximum atomic E-state index is 13.8. The van der Waals surface area contributed by atoms with Gasteiger partial charge in [-0.15, -0.1) is 0 Å². The number of hydrogen-bond donors (Lipinski definition) is 0. The van der Waals surface area contributed by atoms with Crippen LogP contribution in [-0.2, 0) is 6.42 Å². The van der Waals surface area contributed by atoms with Gasteiger partial charge < -0.3 is 0 Å². The predicted molar refractivity (Wildman–Crippen MR) is 110 cm³/mol. The van der Waals surface area contributed by atoms with E-state index in [1.807, 2.05) is 0 Å². The van der Waals surface area contributed by atoms with E-state index >= 15 is 0 Å². The Hall–Kier alpha value is -1.32. The van der Waals surface area contributed by atoms with Crippen LogP contribution >= 0.6 is 0 Å². The van der Waals surface area contributed by atoms with Gasteiger partial charge in [0.05, 0.1) is 5.56 Å². The fourth-order valence-electron chi connectivity index (χ4n) is 5.53. The SMILES string of the molecule is C/C=C/CC1CCC(C2CCC(CCc3cc(F)c(C(F)F)c(F)c3)CC2)CC1. The number of rotatable bonds is 7. The standard InChI is InChI=1S/C25H34F4/c1-2-3-4-17-7-11-20(12-8-17)21-13-9-18(10-14-21)5-6-19-15-22(26)24(25(28)29)23(27)16-19/h2-3,15-18,20-21,25H,4-14H2,1H3/b3-2+. The first-order valence-electron chi connectivity index (χ1n) is 11.3. The third-order valence-corrected chi connectivity index (χ3v) is 7.35. The summed E-state index contributed by atoms with van der Waals surface area (Å²) in [5.74, 6) is 0.929. The van der Waals surface area contributed by atoms with Crippen LogP contribution in [-0.4, -0.2) is 0 Å². The minimum Gasteiger partial charge on any atom is -0.206 e. The molecular weight excluding hydrogens is 376 g/mol. The van der Waals surface area contributed by atoms with Crippen LogP contribution in [0.15, 0.2) is 24.3 Å². The van der Waals surface area contributed by atoms with Crippen molar-refractivity contribution in [1.29, 1.82) is 0 Å². The first-order valence-corrected chi connectivity index (χ1v) is 11.3. The zero-order chi connectivity index (χ0) is 20.8. The first-order chi connectivity index (χ1) is 14.0. The van der Waals surface area contributed by atoms with Gasteiger partial charge in [-0.05, 0) is 106 Å². The lowest BCUT2D eigenvalue weighted by Gasteiger charge is -2.37. The lowest BCUT2D eigenvalue weighted by molar-refractivity contribution is 0.140. The van der Waals surface area contributed by atoms with Crippen molar-refractivity contribution in [3.05, 3.63) is 47.0 Å². The van der Waals surface area contributed by atoms with E-state index in [1.54, 1.807) is 0 Å². The number of benzene rings is 1. The Morgan fingerprint density at radius 3 is 1.86 bits per heavy atom. The molecular formula is C25H34F4. The van der Waals surface area contributed by atoms with E-state index in [4.69, 9.17) is 0 Å². The van der Waals surface area contributed by atoms with Crippen LogP contribution in [0.1, 0.15) is 88.7 Å². The summed E-state index contributed by atoms with van der Waals surface area (Å²) in [5, 5.41) is 0. The molecule has 162 valence electrons. The van der Waals surface area contributed by atoms with Crippen LogP contribution in [0.3, 0.4) is 0 Å². The molecule has 0 nitrogen and oxygen atoms in total. The molecule has 0 aromatic heterocycles. The second-order valence-electron chi connectivity index (χ2n) is 9.18. The number of alkyl halides is 2. The number of hydrogen-bond acceptors (Lipinski definition) is 0. The van der Waals surface area contributed by atoms with Crippen molar-refractivity contribution in [3.63, 3.8) is 0 Å². The lowest BCUT2D eigenvalue weighted by Crippen LogP contribution is -2.26. The van der Waals surface area contributed by atoms with Gasteiger partial charge in [0.2, 0.25) is 0 Å². The number of aryl methyl sites for hydroxylation is 1. The van der Waals surface area contributed by atoms with Crippen molar-refractivity contribution in [2.45, 2.75) is 84.0 Å². The van der Waals surface area contributed by atoms with E-state index in [9.17, 15) is 17.6 Å². The highest BCUT2D eigenvalue weighted by Gasteiger charge is 2.30. The summed E-state index contributed by atoms with van der Waals surface area (Å²) >= 11 is 0. The summed E-state index contributed by atoms with van der Waals surface area (Å²) in [6.45, 7) is 2.09. The van der Waals surface area contributed by atoms with Gasteiger partial charge in [0.25, 0.3) is 6.43 Å². The van der Waals surface area contributed by atoms with Gasteiger partial charge in [-0.25, -0.2) is 17.6 Å². The van der Waals surface area contributed by atoms with Crippen molar-refractivity contribution in [1.82, 2.24) is 0 Å². The molecule has 1 aromatic carbocycles. The maximum absolute atomic E-state index is 13.8. The van der Waals surface area contributed by atoms with Crippen molar-refractivity contribution in [2.24, 2.45) is 23.7 Å². The van der Waals surface area contributed by atoms with Crippen molar-refractivity contribution >= 4 is 0 Å². The maximum Gasteiger partial charge on any atom is 0.269 e. The fraction of sp³-hybridized carbons (Fsp3) is 0.680. The summed E-state index contributed by atoms with van der Waals surface area (Å²) in [7, 11) is 0. The van der Waals surface area contributed by atoms with Gasteiger partial charge in [-0.3, -0.25) is 0 Å². The summed E-state index contributed by atoms with van der Waals surface area (Å²) in [5.41, 5.74) is -0.610. The monoisotopic (exact) mass is 410 g/mol. The Bertz CT molecular complexity index is 642. The molecule has 2 aliphatic rings. The third-order valence-electron chi connectivity index (χ3n) is 7.35. The first kappa shape index (κ1) is 22.4. The molecule has 1 aromatic rings. The van der Waals surface area contributed by atoms with E-state index in [0.29, 0.717) is 17.9 Å². The molecule has 2 aliphatic carbocycles. The van der Waals surface area contributed by atoms with E-state index in [-0.39, 0.29) is 0 Å². The van der Waals surface area contributed by atoms with Crippen LogP contribution in [0.25, 0.3) is 0 Å². The zero-order valence-electron chi connectivity index (χ0n) is 17.5. The molecule has 0 heterocycles. The van der Waals surface area contributed by atoms with Gasteiger partial charge in [0.15, 0.2) is 0 Å². The molecule has 0 unspecified atom stereocenters. The molecule has 0 aliphatic heterocycles. The quantitative estimate of drug-likeness (QED) is 0.313. The molecule has 0 amide bonds. The molecule has 3 rings (SSSR count). The van der Waals surface area contributed by atoms with Crippen molar-refractivity contribution in [3.8, 4) is 0 Å². The fourth-order valence-corrected chi connectivity index (χ4v) is 5.53. The Balaban J connectivity index is 1.42. The normalized spacial score (nSPS) is 28.3. The Morgan fingerprint density at radius 1 is 0.862 bits per heavy atom. The zero-order valence-corrected chi connectivity index (χ0v) is 17.5. The molecule has 0 N–H and O–H groups in total. The van der Waals surface area contributed by atoms with Crippen LogP contribution < -0.4 is 0 Å². The highest BCUT2D eigenvalue weighted by Crippen LogP contribution is 2.43. The molecule has 2 saturated carbocycles. The van der Waals surface area contributed by atoms with Crippen LogP contribution in [0.5, 0.6) is 0 Å². The largest absolute Gasteiger partial charge is 0.269 e. The number of allylic oxidation sites excluding steroid dienone is 2. The third kappa shape index (κ3) is 6.08. The summed E-state index contributed by atoms with van der Waals surface area (Å²) in [6, 6.07) is 2.17. The smallest absolute Gasteiger partial charge is 0.206 e. The van der Waals surface area contributed by atoms with Gasteiger partial charge in [-0.1, -0.05) is 25.0 Å². The van der Waals surface area contributed by atoms with Crippen molar-refractivity contribution < 1.29 is 17.6 Å². The van der Waals surface area contributed by atoms with E-state index in [1.165, 1.54) is 57.8 Å². The van der Waals surface area contributed by atoms with Gasteiger partial charge in [0, 0.05) is 0 Å². The summed E-state index contributed by atoms with van der Waals surface area (Å²) < 4.78 is 52.9. The average Bonchev–Trinajstić information content (AvgIpc) is 2.71.